The molecule has 0 radical (unpaired) electrons. The Bertz CT molecular complexity index is 479. The molecule has 1 fully saturated rings. The van der Waals surface area contributed by atoms with Crippen LogP contribution >= 0.6 is 24.0 Å². The minimum Gasteiger partial charge on any atom is -0.492 e. The lowest BCUT2D eigenvalue weighted by Gasteiger charge is -2.27. The van der Waals surface area contributed by atoms with Gasteiger partial charge in [-0.1, -0.05) is 0 Å². The predicted octanol–water partition coefficient (Wildman–Crippen LogP) is 2.76. The number of rotatable bonds is 4. The summed E-state index contributed by atoms with van der Waals surface area (Å²) in [6.07, 6.45) is 3.52. The Kier molecular flexibility index (Phi) is 7.69. The van der Waals surface area contributed by atoms with Gasteiger partial charge in [-0.05, 0) is 31.4 Å². The fourth-order valence-corrected chi connectivity index (χ4v) is 2.11. The number of guanidine groups is 1. The minimum atomic E-state index is -0.918. The van der Waals surface area contributed by atoms with Crippen LogP contribution in [0.2, 0.25) is 0 Å². The highest BCUT2D eigenvalue weighted by atomic mass is 127. The Morgan fingerprint density at radius 2 is 1.90 bits per heavy atom. The van der Waals surface area contributed by atoms with E-state index >= 15 is 0 Å². The van der Waals surface area contributed by atoms with E-state index in [2.05, 4.69) is 9.89 Å². The molecule has 1 aromatic rings. The van der Waals surface area contributed by atoms with Gasteiger partial charge >= 0.3 is 0 Å². The Labute approximate surface area is 140 Å². The maximum atomic E-state index is 13.0. The van der Waals surface area contributed by atoms with Crippen molar-refractivity contribution in [1.29, 1.82) is 0 Å². The maximum absolute atomic E-state index is 13.0. The Morgan fingerprint density at radius 1 is 1.19 bits per heavy atom. The van der Waals surface area contributed by atoms with E-state index in [-0.39, 0.29) is 36.3 Å². The van der Waals surface area contributed by atoms with E-state index in [4.69, 9.17) is 10.5 Å². The normalized spacial score (nSPS) is 15.5. The zero-order valence-corrected chi connectivity index (χ0v) is 14.1. The van der Waals surface area contributed by atoms with Crippen LogP contribution in [0, 0.1) is 11.6 Å². The number of benzene rings is 1. The largest absolute Gasteiger partial charge is 0.492 e. The summed E-state index contributed by atoms with van der Waals surface area (Å²) in [5.74, 6) is -0.988. The quantitative estimate of drug-likeness (QED) is 0.359. The van der Waals surface area contributed by atoms with Crippen LogP contribution in [0.3, 0.4) is 0 Å². The van der Waals surface area contributed by atoms with Crippen molar-refractivity contribution < 1.29 is 13.5 Å². The van der Waals surface area contributed by atoms with Gasteiger partial charge in [-0.15, -0.1) is 24.0 Å². The molecule has 2 N–H and O–H groups in total. The van der Waals surface area contributed by atoms with Crippen LogP contribution in [0.5, 0.6) is 5.75 Å². The molecule has 118 valence electrons. The van der Waals surface area contributed by atoms with Gasteiger partial charge in [-0.25, -0.2) is 13.8 Å². The molecular formula is C14H20F2IN3O. The first-order chi connectivity index (χ1) is 9.66. The van der Waals surface area contributed by atoms with Crippen molar-refractivity contribution in [2.24, 2.45) is 10.7 Å². The van der Waals surface area contributed by atoms with Crippen LogP contribution in [-0.4, -0.2) is 37.1 Å². The second kappa shape index (κ2) is 9.01. The zero-order valence-electron chi connectivity index (χ0n) is 11.7. The summed E-state index contributed by atoms with van der Waals surface area (Å²) in [7, 11) is 0. The van der Waals surface area contributed by atoms with E-state index in [0.29, 0.717) is 12.5 Å². The third kappa shape index (κ3) is 5.64. The first-order valence-corrected chi connectivity index (χ1v) is 6.79. The summed E-state index contributed by atoms with van der Waals surface area (Å²) < 4.78 is 31.0. The number of halogens is 3. The lowest BCUT2D eigenvalue weighted by Crippen LogP contribution is -2.41. The fourth-order valence-electron chi connectivity index (χ4n) is 2.11. The molecule has 0 unspecified atom stereocenters. The topological polar surface area (TPSA) is 50.9 Å². The minimum absolute atomic E-state index is 0. The Hall–Kier alpha value is -1.12. The van der Waals surface area contributed by atoms with Crippen LogP contribution in [0.1, 0.15) is 19.3 Å². The highest BCUT2D eigenvalue weighted by Gasteiger charge is 2.11. The van der Waals surface area contributed by atoms with Gasteiger partial charge in [0.2, 0.25) is 0 Å². The molecule has 0 saturated carbocycles. The molecule has 0 aliphatic carbocycles. The summed E-state index contributed by atoms with van der Waals surface area (Å²) in [5.41, 5.74) is 5.88. The van der Waals surface area contributed by atoms with Crippen LogP contribution in [0.15, 0.2) is 23.2 Å². The summed E-state index contributed by atoms with van der Waals surface area (Å²) in [6, 6.07) is 3.44. The molecule has 0 bridgehead atoms. The van der Waals surface area contributed by atoms with Crippen molar-refractivity contribution >= 4 is 29.9 Å². The number of hydrogen-bond acceptors (Lipinski definition) is 2. The number of likely N-dealkylation sites (tertiary alicyclic amines) is 1. The smallest absolute Gasteiger partial charge is 0.191 e. The van der Waals surface area contributed by atoms with Crippen molar-refractivity contribution in [3.63, 3.8) is 0 Å². The average molecular weight is 411 g/mol. The van der Waals surface area contributed by atoms with Crippen molar-refractivity contribution in [2.45, 2.75) is 19.3 Å². The van der Waals surface area contributed by atoms with E-state index < -0.39 is 11.6 Å². The lowest BCUT2D eigenvalue weighted by atomic mass is 10.1. The molecule has 0 aromatic heterocycles. The van der Waals surface area contributed by atoms with Crippen molar-refractivity contribution in [3.05, 3.63) is 29.8 Å². The number of ether oxygens (including phenoxy) is 1. The number of nitrogens with two attached hydrogens (primary N) is 1. The van der Waals surface area contributed by atoms with Gasteiger partial charge in [-0.2, -0.15) is 0 Å². The standard InChI is InChI=1S/C14H19F2N3O.HI/c15-12-5-4-11(10-13(12)16)20-9-6-18-14(17)19-7-2-1-3-8-19;/h4-5,10H,1-3,6-9H2,(H2,17,18);1H. The maximum Gasteiger partial charge on any atom is 0.191 e. The molecule has 1 saturated heterocycles. The van der Waals surface area contributed by atoms with Crippen molar-refractivity contribution in [3.8, 4) is 5.75 Å². The first-order valence-electron chi connectivity index (χ1n) is 6.79. The van der Waals surface area contributed by atoms with Crippen LogP contribution in [0.4, 0.5) is 8.78 Å². The Morgan fingerprint density at radius 3 is 2.57 bits per heavy atom. The van der Waals surface area contributed by atoms with Crippen molar-refractivity contribution in [2.75, 3.05) is 26.2 Å². The van der Waals surface area contributed by atoms with Crippen LogP contribution in [0.25, 0.3) is 0 Å². The molecular weight excluding hydrogens is 391 g/mol. The second-order valence-electron chi connectivity index (χ2n) is 4.71. The van der Waals surface area contributed by atoms with E-state index in [0.717, 1.165) is 38.1 Å². The summed E-state index contributed by atoms with van der Waals surface area (Å²) in [5, 5.41) is 0. The highest BCUT2D eigenvalue weighted by Crippen LogP contribution is 2.15. The third-order valence-electron chi connectivity index (χ3n) is 3.20. The van der Waals surface area contributed by atoms with E-state index in [1.165, 1.54) is 12.5 Å². The summed E-state index contributed by atoms with van der Waals surface area (Å²) in [6.45, 7) is 2.56. The average Bonchev–Trinajstić information content (AvgIpc) is 2.48. The van der Waals surface area contributed by atoms with Gasteiger partial charge in [0.15, 0.2) is 17.6 Å². The summed E-state index contributed by atoms with van der Waals surface area (Å²) in [4.78, 5) is 6.29. The number of aliphatic imine (C=N–C) groups is 1. The second-order valence-corrected chi connectivity index (χ2v) is 4.71. The Balaban J connectivity index is 0.00000220. The van der Waals surface area contributed by atoms with Gasteiger partial charge < -0.3 is 15.4 Å². The molecule has 1 aromatic carbocycles. The summed E-state index contributed by atoms with van der Waals surface area (Å²) >= 11 is 0. The molecule has 1 aliphatic heterocycles. The van der Waals surface area contributed by atoms with Gasteiger partial charge in [0.1, 0.15) is 12.4 Å². The van der Waals surface area contributed by atoms with E-state index in [1.54, 1.807) is 0 Å². The van der Waals surface area contributed by atoms with Crippen LogP contribution < -0.4 is 10.5 Å². The molecule has 7 heteroatoms. The zero-order chi connectivity index (χ0) is 14.4. The highest BCUT2D eigenvalue weighted by molar-refractivity contribution is 14.0. The van der Waals surface area contributed by atoms with Gasteiger partial charge in [0.25, 0.3) is 0 Å². The first kappa shape index (κ1) is 17.9. The van der Waals surface area contributed by atoms with Crippen molar-refractivity contribution in [1.82, 2.24) is 4.90 Å². The molecule has 21 heavy (non-hydrogen) atoms. The molecule has 0 atom stereocenters. The molecule has 1 aliphatic rings. The molecule has 0 spiro atoms. The third-order valence-corrected chi connectivity index (χ3v) is 3.20. The number of nitrogens with zero attached hydrogens (tertiary/aromatic N) is 2. The molecule has 1 heterocycles. The monoisotopic (exact) mass is 411 g/mol. The molecule has 0 amide bonds. The molecule has 2 rings (SSSR count). The number of piperidine rings is 1. The lowest BCUT2D eigenvalue weighted by molar-refractivity contribution is 0.318. The van der Waals surface area contributed by atoms with Crippen LogP contribution in [-0.2, 0) is 0 Å². The van der Waals surface area contributed by atoms with Gasteiger partial charge in [0, 0.05) is 19.2 Å². The van der Waals surface area contributed by atoms with Gasteiger partial charge in [-0.3, -0.25) is 0 Å². The van der Waals surface area contributed by atoms with Gasteiger partial charge in [0.05, 0.1) is 6.54 Å². The predicted molar refractivity (Wildman–Crippen MR) is 89.2 cm³/mol. The number of hydrogen-bond donors (Lipinski definition) is 1. The van der Waals surface area contributed by atoms with E-state index in [1.807, 2.05) is 0 Å². The fraction of sp³-hybridized carbons (Fsp3) is 0.500. The SMILES string of the molecule is I.NC(=NCCOc1ccc(F)c(F)c1)N1CCCCC1. The van der Waals surface area contributed by atoms with E-state index in [9.17, 15) is 8.78 Å². The molecule has 4 nitrogen and oxygen atoms in total.